The number of halogens is 1. The minimum absolute atomic E-state index is 0.0686. The van der Waals surface area contributed by atoms with Crippen LogP contribution in [0.5, 0.6) is 5.75 Å². The van der Waals surface area contributed by atoms with Crippen molar-refractivity contribution >= 4 is 17.5 Å². The van der Waals surface area contributed by atoms with Crippen molar-refractivity contribution in [2.24, 2.45) is 0 Å². The second-order valence-electron chi connectivity index (χ2n) is 3.71. The Kier molecular flexibility index (Phi) is 5.80. The molecule has 4 nitrogen and oxygen atoms in total. The quantitative estimate of drug-likeness (QED) is 0.814. The summed E-state index contributed by atoms with van der Waals surface area (Å²) in [6, 6.07) is 6.78. The highest BCUT2D eigenvalue weighted by Gasteiger charge is 2.06. The average molecular weight is 258 g/mol. The molecule has 1 aromatic carbocycles. The van der Waals surface area contributed by atoms with Crippen LogP contribution in [0.15, 0.2) is 24.3 Å². The van der Waals surface area contributed by atoms with E-state index < -0.39 is 0 Å². The van der Waals surface area contributed by atoms with E-state index in [9.17, 15) is 4.79 Å². The van der Waals surface area contributed by atoms with Gasteiger partial charge in [-0.3, -0.25) is 4.79 Å². The van der Waals surface area contributed by atoms with E-state index >= 15 is 0 Å². The summed E-state index contributed by atoms with van der Waals surface area (Å²) < 4.78 is 5.36. The lowest BCUT2D eigenvalue weighted by Gasteiger charge is -2.11. The first-order valence-electron chi connectivity index (χ1n) is 5.40. The largest absolute Gasteiger partial charge is 0.493 e. The molecule has 2 N–H and O–H groups in total. The van der Waals surface area contributed by atoms with E-state index in [1.807, 2.05) is 0 Å². The van der Waals surface area contributed by atoms with Gasteiger partial charge in [-0.05, 0) is 25.1 Å². The number of nitrogens with one attached hydrogen (secondary N) is 1. The number of hydrogen-bond acceptors (Lipinski definition) is 3. The van der Waals surface area contributed by atoms with Crippen molar-refractivity contribution in [2.75, 3.05) is 13.2 Å². The van der Waals surface area contributed by atoms with Crippen molar-refractivity contribution in [1.29, 1.82) is 0 Å². The molecular weight excluding hydrogens is 242 g/mol. The zero-order chi connectivity index (χ0) is 12.7. The number of rotatable bonds is 6. The van der Waals surface area contributed by atoms with Crippen molar-refractivity contribution in [3.05, 3.63) is 29.3 Å². The number of aliphatic hydroxyl groups is 1. The first-order chi connectivity index (χ1) is 8.11. The second kappa shape index (κ2) is 7.14. The maximum atomic E-state index is 11.3. The van der Waals surface area contributed by atoms with E-state index in [1.54, 1.807) is 31.2 Å². The summed E-state index contributed by atoms with van der Waals surface area (Å²) in [5.74, 6) is 0.495. The van der Waals surface area contributed by atoms with Gasteiger partial charge in [0.2, 0.25) is 5.91 Å². The van der Waals surface area contributed by atoms with E-state index in [0.29, 0.717) is 10.8 Å². The highest BCUT2D eigenvalue weighted by molar-refractivity contribution is 6.30. The Morgan fingerprint density at radius 3 is 3.00 bits per heavy atom. The third-order valence-electron chi connectivity index (χ3n) is 2.08. The maximum Gasteiger partial charge on any atom is 0.223 e. The van der Waals surface area contributed by atoms with Gasteiger partial charge in [0.05, 0.1) is 19.6 Å². The number of carbonyl (C=O) groups is 1. The van der Waals surface area contributed by atoms with E-state index in [-0.39, 0.29) is 31.6 Å². The molecule has 0 aliphatic heterocycles. The topological polar surface area (TPSA) is 58.6 Å². The van der Waals surface area contributed by atoms with Gasteiger partial charge >= 0.3 is 0 Å². The summed E-state index contributed by atoms with van der Waals surface area (Å²) in [5, 5.41) is 12.0. The fourth-order valence-electron chi connectivity index (χ4n) is 1.21. The molecule has 1 atom stereocenters. The van der Waals surface area contributed by atoms with E-state index in [1.165, 1.54) is 0 Å². The standard InChI is InChI=1S/C12H16ClNO3/c1-9(8-15)14-12(16)5-6-17-11-4-2-3-10(13)7-11/h2-4,7,9,15H,5-6,8H2,1H3,(H,14,16). The number of aliphatic hydroxyl groups excluding tert-OH is 1. The summed E-state index contributed by atoms with van der Waals surface area (Å²) in [6.45, 7) is 1.95. The number of ether oxygens (including phenoxy) is 1. The summed E-state index contributed by atoms with van der Waals surface area (Å²) >= 11 is 5.79. The summed E-state index contributed by atoms with van der Waals surface area (Å²) in [4.78, 5) is 11.3. The average Bonchev–Trinajstić information content (AvgIpc) is 2.29. The molecule has 1 unspecified atom stereocenters. The van der Waals surface area contributed by atoms with Gasteiger partial charge in [0.15, 0.2) is 0 Å². The van der Waals surface area contributed by atoms with Crippen LogP contribution in [0, 0.1) is 0 Å². The molecule has 1 aromatic rings. The normalized spacial score (nSPS) is 11.9. The molecule has 0 aliphatic rings. The van der Waals surface area contributed by atoms with Crippen LogP contribution >= 0.6 is 11.6 Å². The van der Waals surface area contributed by atoms with Crippen molar-refractivity contribution in [2.45, 2.75) is 19.4 Å². The zero-order valence-electron chi connectivity index (χ0n) is 9.65. The third kappa shape index (κ3) is 5.56. The Morgan fingerprint density at radius 2 is 2.35 bits per heavy atom. The summed E-state index contributed by atoms with van der Waals surface area (Å²) in [7, 11) is 0. The molecule has 94 valence electrons. The maximum absolute atomic E-state index is 11.3. The monoisotopic (exact) mass is 257 g/mol. The van der Waals surface area contributed by atoms with Crippen LogP contribution in [0.1, 0.15) is 13.3 Å². The molecule has 1 amide bonds. The Morgan fingerprint density at radius 1 is 1.59 bits per heavy atom. The highest BCUT2D eigenvalue weighted by atomic mass is 35.5. The lowest BCUT2D eigenvalue weighted by molar-refractivity contribution is -0.122. The van der Waals surface area contributed by atoms with Crippen LogP contribution in [-0.2, 0) is 4.79 Å². The molecule has 0 bridgehead atoms. The van der Waals surface area contributed by atoms with Crippen LogP contribution in [0.3, 0.4) is 0 Å². The number of hydrogen-bond donors (Lipinski definition) is 2. The number of benzene rings is 1. The summed E-state index contributed by atoms with van der Waals surface area (Å²) in [6.07, 6.45) is 0.247. The van der Waals surface area contributed by atoms with E-state index in [0.717, 1.165) is 0 Å². The van der Waals surface area contributed by atoms with E-state index in [2.05, 4.69) is 5.32 Å². The van der Waals surface area contributed by atoms with E-state index in [4.69, 9.17) is 21.4 Å². The fraction of sp³-hybridized carbons (Fsp3) is 0.417. The van der Waals surface area contributed by atoms with Gasteiger partial charge in [0.25, 0.3) is 0 Å². The van der Waals surface area contributed by atoms with Gasteiger partial charge in [-0.1, -0.05) is 17.7 Å². The first kappa shape index (κ1) is 13.8. The fourth-order valence-corrected chi connectivity index (χ4v) is 1.39. The predicted molar refractivity (Wildman–Crippen MR) is 66.3 cm³/mol. The van der Waals surface area contributed by atoms with Gasteiger partial charge < -0.3 is 15.2 Å². The zero-order valence-corrected chi connectivity index (χ0v) is 10.4. The smallest absolute Gasteiger partial charge is 0.223 e. The van der Waals surface area contributed by atoms with Crippen LogP contribution in [0.4, 0.5) is 0 Å². The highest BCUT2D eigenvalue weighted by Crippen LogP contribution is 2.16. The molecule has 0 aromatic heterocycles. The predicted octanol–water partition coefficient (Wildman–Crippen LogP) is 1.61. The van der Waals surface area contributed by atoms with Crippen molar-refractivity contribution in [3.63, 3.8) is 0 Å². The molecule has 0 saturated heterocycles. The van der Waals surface area contributed by atoms with Gasteiger partial charge in [-0.25, -0.2) is 0 Å². The molecule has 17 heavy (non-hydrogen) atoms. The summed E-state index contributed by atoms with van der Waals surface area (Å²) in [5.41, 5.74) is 0. The lowest BCUT2D eigenvalue weighted by Crippen LogP contribution is -2.35. The molecule has 0 fully saturated rings. The molecule has 0 radical (unpaired) electrons. The molecule has 0 heterocycles. The Labute approximate surface area is 106 Å². The van der Waals surface area contributed by atoms with Gasteiger partial charge in [0, 0.05) is 11.1 Å². The van der Waals surface area contributed by atoms with Crippen LogP contribution in [0.2, 0.25) is 5.02 Å². The SMILES string of the molecule is CC(CO)NC(=O)CCOc1cccc(Cl)c1. The Bertz CT molecular complexity index is 371. The van der Waals surface area contributed by atoms with Crippen molar-refractivity contribution in [3.8, 4) is 5.75 Å². The minimum Gasteiger partial charge on any atom is -0.493 e. The minimum atomic E-state index is -0.228. The Hall–Kier alpha value is -1.26. The Balaban J connectivity index is 2.26. The first-order valence-corrected chi connectivity index (χ1v) is 5.78. The van der Waals surface area contributed by atoms with Gasteiger partial charge in [-0.15, -0.1) is 0 Å². The van der Waals surface area contributed by atoms with Crippen LogP contribution in [-0.4, -0.2) is 30.3 Å². The van der Waals surface area contributed by atoms with Crippen LogP contribution < -0.4 is 10.1 Å². The van der Waals surface area contributed by atoms with Crippen LogP contribution in [0.25, 0.3) is 0 Å². The molecule has 0 aliphatic carbocycles. The lowest BCUT2D eigenvalue weighted by atomic mass is 10.3. The molecular formula is C12H16ClNO3. The van der Waals surface area contributed by atoms with Crippen molar-refractivity contribution in [1.82, 2.24) is 5.32 Å². The molecule has 5 heteroatoms. The third-order valence-corrected chi connectivity index (χ3v) is 2.31. The number of amides is 1. The van der Waals surface area contributed by atoms with Gasteiger partial charge in [-0.2, -0.15) is 0 Å². The van der Waals surface area contributed by atoms with Gasteiger partial charge in [0.1, 0.15) is 5.75 Å². The van der Waals surface area contributed by atoms with Crippen molar-refractivity contribution < 1.29 is 14.6 Å². The molecule has 0 saturated carbocycles. The molecule has 0 spiro atoms. The second-order valence-corrected chi connectivity index (χ2v) is 4.14. The molecule has 1 rings (SSSR count). The number of carbonyl (C=O) groups excluding carboxylic acids is 1.